The van der Waals surface area contributed by atoms with Crippen molar-refractivity contribution in [3.8, 4) is 0 Å². The van der Waals surface area contributed by atoms with Crippen molar-refractivity contribution < 1.29 is 14.3 Å². The predicted octanol–water partition coefficient (Wildman–Crippen LogP) is 8.72. The van der Waals surface area contributed by atoms with E-state index in [4.69, 9.17) is 4.74 Å². The number of carbonyl (C=O) groups is 2. The molecule has 30 heavy (non-hydrogen) atoms. The molecule has 0 N–H and O–H groups in total. The summed E-state index contributed by atoms with van der Waals surface area (Å²) in [5.41, 5.74) is 0. The second kappa shape index (κ2) is 24.4. The molecule has 0 aliphatic carbocycles. The molecule has 0 fully saturated rings. The fourth-order valence-electron chi connectivity index (χ4n) is 3.89. The van der Waals surface area contributed by atoms with Crippen molar-refractivity contribution in [3.05, 3.63) is 0 Å². The van der Waals surface area contributed by atoms with Crippen molar-refractivity contribution in [2.75, 3.05) is 6.61 Å². The van der Waals surface area contributed by atoms with Crippen molar-refractivity contribution in [1.82, 2.24) is 0 Å². The lowest BCUT2D eigenvalue weighted by atomic mass is 10.1. The molecule has 0 spiro atoms. The van der Waals surface area contributed by atoms with Gasteiger partial charge in [-0.15, -0.1) is 0 Å². The maximum absolute atomic E-state index is 11.9. The number of Topliss-reactive ketones (excluding diaryl/α,β-unsaturated/α-hetero) is 1. The Morgan fingerprint density at radius 2 is 0.867 bits per heavy atom. The van der Waals surface area contributed by atoms with Crippen LogP contribution in [0.2, 0.25) is 0 Å². The minimum atomic E-state index is -0.331. The van der Waals surface area contributed by atoms with Crippen LogP contribution < -0.4 is 0 Å². The van der Waals surface area contributed by atoms with E-state index in [1.807, 2.05) is 0 Å². The molecule has 0 radical (unpaired) electrons. The van der Waals surface area contributed by atoms with Crippen LogP contribution in [0.25, 0.3) is 0 Å². The summed E-state index contributed by atoms with van der Waals surface area (Å²) in [6.45, 7) is 4.97. The molecule has 0 amide bonds. The highest BCUT2D eigenvalue weighted by Gasteiger charge is 2.10. The van der Waals surface area contributed by atoms with Gasteiger partial charge in [0.15, 0.2) is 0 Å². The van der Waals surface area contributed by atoms with Gasteiger partial charge < -0.3 is 4.74 Å². The van der Waals surface area contributed by atoms with E-state index in [-0.39, 0.29) is 18.2 Å². The van der Waals surface area contributed by atoms with Crippen LogP contribution in [-0.4, -0.2) is 18.4 Å². The largest absolute Gasteiger partial charge is 0.465 e. The summed E-state index contributed by atoms with van der Waals surface area (Å²) in [5.74, 6) is -0.289. The SMILES string of the molecule is CCCCCCCCCCCCCCOC(=O)CC(=O)CCCCCCCCCC. The molecule has 178 valence electrons. The Morgan fingerprint density at radius 1 is 0.500 bits per heavy atom. The van der Waals surface area contributed by atoms with Crippen LogP contribution in [0.4, 0.5) is 0 Å². The number of hydrogen-bond acceptors (Lipinski definition) is 3. The Labute approximate surface area is 188 Å². The maximum Gasteiger partial charge on any atom is 0.313 e. The molecule has 0 rings (SSSR count). The second-order valence-electron chi connectivity index (χ2n) is 9.05. The van der Waals surface area contributed by atoms with Gasteiger partial charge in [0.2, 0.25) is 0 Å². The molecule has 0 heterocycles. The van der Waals surface area contributed by atoms with E-state index in [0.29, 0.717) is 13.0 Å². The van der Waals surface area contributed by atoms with E-state index < -0.39 is 0 Å². The summed E-state index contributed by atoms with van der Waals surface area (Å²) in [6, 6.07) is 0. The molecule has 0 unspecified atom stereocenters. The maximum atomic E-state index is 11.9. The van der Waals surface area contributed by atoms with Crippen LogP contribution in [0, 0.1) is 0 Å². The van der Waals surface area contributed by atoms with Crippen molar-refractivity contribution in [2.24, 2.45) is 0 Å². The van der Waals surface area contributed by atoms with Gasteiger partial charge in [-0.1, -0.05) is 129 Å². The zero-order chi connectivity index (χ0) is 22.1. The van der Waals surface area contributed by atoms with Gasteiger partial charge in [0.25, 0.3) is 0 Å². The Hall–Kier alpha value is -0.860. The number of rotatable bonds is 24. The van der Waals surface area contributed by atoms with E-state index in [2.05, 4.69) is 13.8 Å². The minimum Gasteiger partial charge on any atom is -0.465 e. The molecule has 0 aromatic heterocycles. The highest BCUT2D eigenvalue weighted by atomic mass is 16.5. The van der Waals surface area contributed by atoms with Gasteiger partial charge in [-0.05, 0) is 12.8 Å². The number of ketones is 1. The molecule has 0 atom stereocenters. The topological polar surface area (TPSA) is 43.4 Å². The van der Waals surface area contributed by atoms with Crippen LogP contribution in [-0.2, 0) is 14.3 Å². The van der Waals surface area contributed by atoms with E-state index in [1.54, 1.807) is 0 Å². The predicted molar refractivity (Wildman–Crippen MR) is 129 cm³/mol. The number of carbonyl (C=O) groups excluding carboxylic acids is 2. The summed E-state index contributed by atoms with van der Waals surface area (Å²) in [4.78, 5) is 23.6. The molecule has 0 saturated heterocycles. The Morgan fingerprint density at radius 3 is 1.30 bits per heavy atom. The average Bonchev–Trinajstić information content (AvgIpc) is 2.73. The molecule has 3 nitrogen and oxygen atoms in total. The molecule has 0 bridgehead atoms. The summed E-state index contributed by atoms with van der Waals surface area (Å²) in [5, 5.41) is 0. The third-order valence-corrected chi connectivity index (χ3v) is 5.91. The van der Waals surface area contributed by atoms with Crippen LogP contribution in [0.1, 0.15) is 155 Å². The zero-order valence-corrected chi connectivity index (χ0v) is 20.5. The van der Waals surface area contributed by atoms with Gasteiger partial charge in [-0.25, -0.2) is 0 Å². The first-order chi connectivity index (χ1) is 14.7. The lowest BCUT2D eigenvalue weighted by molar-refractivity contribution is -0.146. The summed E-state index contributed by atoms with van der Waals surface area (Å²) < 4.78 is 5.23. The van der Waals surface area contributed by atoms with Gasteiger partial charge in [0.1, 0.15) is 12.2 Å². The standard InChI is InChI=1S/C27H52O3/c1-3-5-7-9-11-13-14-15-16-18-20-22-24-30-27(29)25-26(28)23-21-19-17-12-10-8-6-4-2/h3-25H2,1-2H3. The smallest absolute Gasteiger partial charge is 0.313 e. The normalized spacial score (nSPS) is 11.0. The average molecular weight is 425 g/mol. The highest BCUT2D eigenvalue weighted by Crippen LogP contribution is 2.12. The van der Waals surface area contributed by atoms with Crippen molar-refractivity contribution in [3.63, 3.8) is 0 Å². The van der Waals surface area contributed by atoms with Gasteiger partial charge in [-0.2, -0.15) is 0 Å². The third-order valence-electron chi connectivity index (χ3n) is 5.91. The first-order valence-corrected chi connectivity index (χ1v) is 13.4. The number of hydrogen-bond donors (Lipinski definition) is 0. The zero-order valence-electron chi connectivity index (χ0n) is 20.5. The summed E-state index contributed by atoms with van der Waals surface area (Å²) in [6.07, 6.45) is 25.8. The van der Waals surface area contributed by atoms with Gasteiger partial charge in [0.05, 0.1) is 6.61 Å². The lowest BCUT2D eigenvalue weighted by Crippen LogP contribution is -2.12. The lowest BCUT2D eigenvalue weighted by Gasteiger charge is -2.05. The monoisotopic (exact) mass is 424 g/mol. The van der Waals surface area contributed by atoms with E-state index in [0.717, 1.165) is 25.7 Å². The molecule has 0 aliphatic rings. The van der Waals surface area contributed by atoms with Crippen molar-refractivity contribution in [2.45, 2.75) is 155 Å². The number of ether oxygens (including phenoxy) is 1. The van der Waals surface area contributed by atoms with Crippen molar-refractivity contribution >= 4 is 11.8 Å². The molecule has 0 aromatic rings. The fourth-order valence-corrected chi connectivity index (χ4v) is 3.89. The Kier molecular flexibility index (Phi) is 23.7. The minimum absolute atomic E-state index is 0.0330. The molecular formula is C27H52O3. The quantitative estimate of drug-likeness (QED) is 0.0883. The second-order valence-corrected chi connectivity index (χ2v) is 9.05. The summed E-state index contributed by atoms with van der Waals surface area (Å²) in [7, 11) is 0. The highest BCUT2D eigenvalue weighted by molar-refractivity contribution is 5.95. The third kappa shape index (κ3) is 23.4. The molecule has 0 aliphatic heterocycles. The van der Waals surface area contributed by atoms with Gasteiger partial charge in [0, 0.05) is 6.42 Å². The van der Waals surface area contributed by atoms with Gasteiger partial charge in [-0.3, -0.25) is 9.59 Å². The van der Waals surface area contributed by atoms with Crippen LogP contribution in [0.15, 0.2) is 0 Å². The molecular weight excluding hydrogens is 372 g/mol. The summed E-state index contributed by atoms with van der Waals surface area (Å²) >= 11 is 0. The fraction of sp³-hybridized carbons (Fsp3) is 0.926. The Bertz CT molecular complexity index is 378. The first-order valence-electron chi connectivity index (χ1n) is 13.4. The van der Waals surface area contributed by atoms with Crippen LogP contribution >= 0.6 is 0 Å². The van der Waals surface area contributed by atoms with E-state index in [1.165, 1.54) is 103 Å². The van der Waals surface area contributed by atoms with E-state index >= 15 is 0 Å². The molecule has 3 heteroatoms. The van der Waals surface area contributed by atoms with Crippen molar-refractivity contribution in [1.29, 1.82) is 0 Å². The van der Waals surface area contributed by atoms with Crippen LogP contribution in [0.3, 0.4) is 0 Å². The van der Waals surface area contributed by atoms with Gasteiger partial charge >= 0.3 is 5.97 Å². The molecule has 0 saturated carbocycles. The van der Waals surface area contributed by atoms with E-state index in [9.17, 15) is 9.59 Å². The van der Waals surface area contributed by atoms with Crippen LogP contribution in [0.5, 0.6) is 0 Å². The molecule has 0 aromatic carbocycles. The first kappa shape index (κ1) is 29.1. The number of esters is 1. The Balaban J connectivity index is 3.30. The number of unbranched alkanes of at least 4 members (excludes halogenated alkanes) is 18.